The van der Waals surface area contributed by atoms with Crippen molar-refractivity contribution in [2.75, 3.05) is 6.54 Å². The summed E-state index contributed by atoms with van der Waals surface area (Å²) in [6.45, 7) is 5.05. The molecule has 0 radical (unpaired) electrons. The fourth-order valence-electron chi connectivity index (χ4n) is 4.42. The second-order valence-corrected chi connectivity index (χ2v) is 9.18. The van der Waals surface area contributed by atoms with Crippen molar-refractivity contribution in [1.29, 1.82) is 0 Å². The molecule has 1 aromatic carbocycles. The number of nitrogens with zero attached hydrogens (tertiary/aromatic N) is 5. The molecule has 4 aromatic rings. The van der Waals surface area contributed by atoms with Crippen molar-refractivity contribution in [3.63, 3.8) is 0 Å². The Balaban J connectivity index is 1.37. The zero-order valence-corrected chi connectivity index (χ0v) is 20.9. The van der Waals surface area contributed by atoms with Crippen LogP contribution in [0.15, 0.2) is 72.0 Å². The van der Waals surface area contributed by atoms with Gasteiger partial charge in [-0.05, 0) is 49.2 Å². The van der Waals surface area contributed by atoms with Crippen LogP contribution in [-0.2, 0) is 13.1 Å². The van der Waals surface area contributed by atoms with E-state index in [0.717, 1.165) is 23.2 Å². The van der Waals surface area contributed by atoms with E-state index in [4.69, 9.17) is 16.3 Å². The van der Waals surface area contributed by atoms with Crippen LogP contribution in [0.4, 0.5) is 0 Å². The number of carbonyl (C=O) groups excluding carboxylic acids is 1. The van der Waals surface area contributed by atoms with Gasteiger partial charge in [0.25, 0.3) is 11.5 Å². The number of pyridine rings is 2. The van der Waals surface area contributed by atoms with E-state index in [-0.39, 0.29) is 17.6 Å². The maximum absolute atomic E-state index is 13.3. The predicted molar refractivity (Wildman–Crippen MR) is 137 cm³/mol. The van der Waals surface area contributed by atoms with Gasteiger partial charge in [0.05, 0.1) is 18.6 Å². The quantitative estimate of drug-likeness (QED) is 0.369. The molecule has 1 aliphatic rings. The first kappa shape index (κ1) is 23.8. The molecule has 5 rings (SSSR count). The van der Waals surface area contributed by atoms with E-state index in [1.54, 1.807) is 40.3 Å². The number of carbonyl (C=O) groups is 1. The summed E-state index contributed by atoms with van der Waals surface area (Å²) in [5.74, 6) is 0.284. The Bertz CT molecular complexity index is 1460. The van der Waals surface area contributed by atoms with E-state index in [9.17, 15) is 9.59 Å². The van der Waals surface area contributed by atoms with Gasteiger partial charge in [0, 0.05) is 36.1 Å². The summed E-state index contributed by atoms with van der Waals surface area (Å²) in [7, 11) is 0. The molecule has 1 atom stereocenters. The number of benzene rings is 1. The first-order valence-electron chi connectivity index (χ1n) is 11.8. The number of imidazole rings is 1. The lowest BCUT2D eigenvalue weighted by atomic mass is 10.1. The molecular weight excluding hydrogens is 478 g/mol. The molecule has 1 amide bonds. The standard InChI is InChI=1S/C27H26ClN5O3/c1-3-24(19-6-8-21(28)9-7-19)36-25-20(5-4-12-29-25)16-31-13-14-33-23(26(31)34)11-10-22(27(33)35)32-15-18(2)30-17-32/h4-12,15,17,24H,3,13-14,16H2,1-2H3/t24-/m0/s1. The number of rotatable bonds is 7. The van der Waals surface area contributed by atoms with Crippen LogP contribution >= 0.6 is 11.6 Å². The first-order chi connectivity index (χ1) is 17.4. The molecule has 0 fully saturated rings. The predicted octanol–water partition coefficient (Wildman–Crippen LogP) is 4.58. The van der Waals surface area contributed by atoms with Gasteiger partial charge >= 0.3 is 0 Å². The zero-order valence-electron chi connectivity index (χ0n) is 20.1. The summed E-state index contributed by atoms with van der Waals surface area (Å²) >= 11 is 6.04. The van der Waals surface area contributed by atoms with Crippen molar-refractivity contribution in [3.05, 3.63) is 105 Å². The maximum atomic E-state index is 13.3. The topological polar surface area (TPSA) is 82.2 Å². The second-order valence-electron chi connectivity index (χ2n) is 8.74. The fourth-order valence-corrected chi connectivity index (χ4v) is 4.54. The smallest absolute Gasteiger partial charge is 0.275 e. The highest BCUT2D eigenvalue weighted by atomic mass is 35.5. The van der Waals surface area contributed by atoms with Crippen molar-refractivity contribution in [1.82, 2.24) is 24.0 Å². The number of ether oxygens (including phenoxy) is 1. The Labute approximate surface area is 213 Å². The van der Waals surface area contributed by atoms with Crippen LogP contribution in [0.5, 0.6) is 5.88 Å². The number of aryl methyl sites for hydroxylation is 1. The van der Waals surface area contributed by atoms with E-state index in [1.165, 1.54) is 4.57 Å². The molecule has 0 unspecified atom stereocenters. The molecule has 184 valence electrons. The van der Waals surface area contributed by atoms with Gasteiger partial charge in [0.1, 0.15) is 17.5 Å². The minimum atomic E-state index is -0.211. The third kappa shape index (κ3) is 4.64. The molecular formula is C27H26ClN5O3. The average Bonchev–Trinajstić information content (AvgIpc) is 3.32. The molecule has 0 saturated carbocycles. The van der Waals surface area contributed by atoms with Crippen LogP contribution in [-0.4, -0.2) is 36.5 Å². The normalized spacial score (nSPS) is 14.0. The molecule has 36 heavy (non-hydrogen) atoms. The van der Waals surface area contributed by atoms with E-state index in [0.29, 0.717) is 41.9 Å². The monoisotopic (exact) mass is 503 g/mol. The van der Waals surface area contributed by atoms with Gasteiger partial charge in [-0.25, -0.2) is 9.97 Å². The Hall–Kier alpha value is -3.91. The van der Waals surface area contributed by atoms with Gasteiger partial charge in [-0.2, -0.15) is 0 Å². The van der Waals surface area contributed by atoms with E-state index in [2.05, 4.69) is 9.97 Å². The van der Waals surface area contributed by atoms with E-state index >= 15 is 0 Å². The Morgan fingerprint density at radius 2 is 1.86 bits per heavy atom. The highest BCUT2D eigenvalue weighted by Gasteiger charge is 2.27. The molecule has 0 spiro atoms. The Kier molecular flexibility index (Phi) is 6.61. The van der Waals surface area contributed by atoms with E-state index < -0.39 is 0 Å². The van der Waals surface area contributed by atoms with Crippen molar-refractivity contribution in [3.8, 4) is 11.6 Å². The maximum Gasteiger partial charge on any atom is 0.275 e. The highest BCUT2D eigenvalue weighted by Crippen LogP contribution is 2.28. The Morgan fingerprint density at radius 3 is 2.58 bits per heavy atom. The molecule has 0 bridgehead atoms. The van der Waals surface area contributed by atoms with Gasteiger partial charge in [0.2, 0.25) is 5.88 Å². The van der Waals surface area contributed by atoms with Crippen LogP contribution in [0, 0.1) is 6.92 Å². The lowest BCUT2D eigenvalue weighted by Gasteiger charge is -2.30. The molecule has 0 saturated heterocycles. The van der Waals surface area contributed by atoms with Gasteiger partial charge in [0.15, 0.2) is 0 Å². The summed E-state index contributed by atoms with van der Waals surface area (Å²) in [6, 6.07) is 14.7. The molecule has 0 N–H and O–H groups in total. The van der Waals surface area contributed by atoms with E-state index in [1.807, 2.05) is 50.2 Å². The van der Waals surface area contributed by atoms with Crippen molar-refractivity contribution >= 4 is 17.5 Å². The largest absolute Gasteiger partial charge is 0.469 e. The summed E-state index contributed by atoms with van der Waals surface area (Å²) in [4.78, 5) is 36.8. The molecule has 9 heteroatoms. The second kappa shape index (κ2) is 9.99. The molecule has 4 heterocycles. The van der Waals surface area contributed by atoms with Crippen LogP contribution in [0.2, 0.25) is 5.02 Å². The minimum Gasteiger partial charge on any atom is -0.469 e. The zero-order chi connectivity index (χ0) is 25.2. The molecule has 8 nitrogen and oxygen atoms in total. The van der Waals surface area contributed by atoms with Gasteiger partial charge in [-0.1, -0.05) is 36.7 Å². The number of hydrogen-bond acceptors (Lipinski definition) is 5. The summed E-state index contributed by atoms with van der Waals surface area (Å²) in [5, 5.41) is 0.669. The van der Waals surface area contributed by atoms with Crippen molar-refractivity contribution in [2.45, 2.75) is 39.5 Å². The van der Waals surface area contributed by atoms with Crippen molar-refractivity contribution in [2.24, 2.45) is 0 Å². The Morgan fingerprint density at radius 1 is 1.06 bits per heavy atom. The molecule has 0 aliphatic carbocycles. The summed E-state index contributed by atoms with van der Waals surface area (Å²) in [5.41, 5.74) is 3.25. The number of amides is 1. The van der Waals surface area contributed by atoms with Gasteiger partial charge < -0.3 is 18.8 Å². The average molecular weight is 504 g/mol. The minimum absolute atomic E-state index is 0.197. The van der Waals surface area contributed by atoms with Gasteiger partial charge in [-0.3, -0.25) is 9.59 Å². The highest BCUT2D eigenvalue weighted by molar-refractivity contribution is 6.30. The third-order valence-corrected chi connectivity index (χ3v) is 6.57. The number of aromatic nitrogens is 4. The summed E-state index contributed by atoms with van der Waals surface area (Å²) in [6.07, 6.45) is 5.62. The lowest BCUT2D eigenvalue weighted by molar-refractivity contribution is 0.0683. The molecule has 1 aliphatic heterocycles. The van der Waals surface area contributed by atoms with Gasteiger partial charge in [-0.15, -0.1) is 0 Å². The first-order valence-corrected chi connectivity index (χ1v) is 12.2. The third-order valence-electron chi connectivity index (χ3n) is 6.32. The SMILES string of the molecule is CC[C@H](Oc1ncccc1CN1CCn2c(ccc(-n3cnc(C)c3)c2=O)C1=O)c1ccc(Cl)cc1. The van der Waals surface area contributed by atoms with Crippen LogP contribution in [0.25, 0.3) is 5.69 Å². The fraction of sp³-hybridized carbons (Fsp3) is 0.259. The van der Waals surface area contributed by atoms with Crippen molar-refractivity contribution < 1.29 is 9.53 Å². The van der Waals surface area contributed by atoms with Crippen LogP contribution in [0.3, 0.4) is 0 Å². The molecule has 3 aromatic heterocycles. The van der Waals surface area contributed by atoms with Crippen LogP contribution in [0.1, 0.15) is 46.8 Å². The number of fused-ring (bicyclic) bond motifs is 1. The lowest BCUT2D eigenvalue weighted by Crippen LogP contribution is -2.44. The number of halogens is 1. The number of hydrogen-bond donors (Lipinski definition) is 0. The van der Waals surface area contributed by atoms with Crippen LogP contribution < -0.4 is 10.3 Å². The summed E-state index contributed by atoms with van der Waals surface area (Å²) < 4.78 is 9.52.